The summed E-state index contributed by atoms with van der Waals surface area (Å²) in [6, 6.07) is 0. The average Bonchev–Trinajstić information content (AvgIpc) is 2.42. The second-order valence-electron chi connectivity index (χ2n) is 5.17. The Morgan fingerprint density at radius 2 is 1.72 bits per heavy atom. The zero-order valence-electron chi connectivity index (χ0n) is 13.5. The summed E-state index contributed by atoms with van der Waals surface area (Å²) in [4.78, 5) is 0. The summed E-state index contributed by atoms with van der Waals surface area (Å²) < 4.78 is 0. The van der Waals surface area contributed by atoms with Gasteiger partial charge in [0.25, 0.3) is 0 Å². The predicted octanol–water partition coefficient (Wildman–Crippen LogP) is 6.16. The lowest BCUT2D eigenvalue weighted by Gasteiger charge is -2.45. The molecule has 2 aliphatic carbocycles. The van der Waals surface area contributed by atoms with Crippen LogP contribution in [0.4, 0.5) is 0 Å². The van der Waals surface area contributed by atoms with Gasteiger partial charge in [-0.2, -0.15) is 0 Å². The van der Waals surface area contributed by atoms with Crippen molar-refractivity contribution in [2.45, 2.75) is 61.3 Å². The van der Waals surface area contributed by atoms with Gasteiger partial charge in [0.05, 0.1) is 0 Å². The molecule has 0 aromatic rings. The summed E-state index contributed by atoms with van der Waals surface area (Å²) in [5, 5.41) is 0. The topological polar surface area (TPSA) is 0 Å². The van der Waals surface area contributed by atoms with E-state index in [9.17, 15) is 0 Å². The van der Waals surface area contributed by atoms with Crippen molar-refractivity contribution in [1.29, 1.82) is 0 Å². The molecule has 0 N–H and O–H groups in total. The Morgan fingerprint density at radius 3 is 2.28 bits per heavy atom. The Bertz CT molecular complexity index is 319. The van der Waals surface area contributed by atoms with Gasteiger partial charge < -0.3 is 0 Å². The summed E-state index contributed by atoms with van der Waals surface area (Å²) in [6.45, 7) is 19.2. The van der Waals surface area contributed by atoms with Crippen LogP contribution in [0.1, 0.15) is 61.3 Å². The molecular formula is C18H32. The van der Waals surface area contributed by atoms with Gasteiger partial charge in [-0.3, -0.25) is 0 Å². The van der Waals surface area contributed by atoms with Crippen LogP contribution in [-0.2, 0) is 0 Å². The van der Waals surface area contributed by atoms with Gasteiger partial charge in [0, 0.05) is 5.41 Å². The molecule has 0 nitrogen and oxygen atoms in total. The van der Waals surface area contributed by atoms with E-state index in [4.69, 9.17) is 0 Å². The van der Waals surface area contributed by atoms with E-state index in [1.807, 2.05) is 27.7 Å². The van der Waals surface area contributed by atoms with Gasteiger partial charge in [-0.25, -0.2) is 0 Å². The minimum atomic E-state index is 0.304. The van der Waals surface area contributed by atoms with Crippen LogP contribution in [-0.4, -0.2) is 0 Å². The molecule has 2 aliphatic rings. The molecule has 0 spiro atoms. The third-order valence-corrected chi connectivity index (χ3v) is 4.36. The maximum Gasteiger partial charge on any atom is 0.00972 e. The molecule has 1 saturated carbocycles. The van der Waals surface area contributed by atoms with Crippen molar-refractivity contribution < 1.29 is 0 Å². The first-order valence-electron chi connectivity index (χ1n) is 7.63. The van der Waals surface area contributed by atoms with Gasteiger partial charge in [0.15, 0.2) is 0 Å². The predicted molar refractivity (Wildman–Crippen MR) is 84.7 cm³/mol. The smallest absolute Gasteiger partial charge is 0.00972 e. The lowest BCUT2D eigenvalue weighted by Crippen LogP contribution is -2.35. The number of fused-ring (bicyclic) bond motifs is 1. The van der Waals surface area contributed by atoms with Gasteiger partial charge in [-0.05, 0) is 30.3 Å². The molecule has 0 amide bonds. The fraction of sp³-hybridized carbons (Fsp3) is 0.667. The van der Waals surface area contributed by atoms with Crippen molar-refractivity contribution in [2.75, 3.05) is 0 Å². The zero-order chi connectivity index (χ0) is 14.3. The average molecular weight is 248 g/mol. The van der Waals surface area contributed by atoms with E-state index in [2.05, 4.69) is 45.6 Å². The molecule has 2 rings (SSSR count). The third-order valence-electron chi connectivity index (χ3n) is 4.36. The molecule has 3 atom stereocenters. The number of rotatable bonds is 0. The molecule has 3 unspecified atom stereocenters. The molecule has 0 heterocycles. The molecule has 0 bridgehead atoms. The number of hydrogen-bond donors (Lipinski definition) is 0. The lowest BCUT2D eigenvalue weighted by atomic mass is 9.59. The zero-order valence-corrected chi connectivity index (χ0v) is 13.5. The van der Waals surface area contributed by atoms with Crippen molar-refractivity contribution in [1.82, 2.24) is 0 Å². The van der Waals surface area contributed by atoms with E-state index in [-0.39, 0.29) is 0 Å². The van der Waals surface area contributed by atoms with Crippen molar-refractivity contribution in [3.05, 3.63) is 36.0 Å². The Morgan fingerprint density at radius 1 is 1.17 bits per heavy atom. The van der Waals surface area contributed by atoms with Crippen molar-refractivity contribution in [3.8, 4) is 0 Å². The van der Waals surface area contributed by atoms with Gasteiger partial charge in [0.2, 0.25) is 0 Å². The molecule has 104 valence electrons. The molecule has 0 aromatic heterocycles. The second kappa shape index (κ2) is 7.61. The van der Waals surface area contributed by atoms with Gasteiger partial charge in [0.1, 0.15) is 0 Å². The largest absolute Gasteiger partial charge is 0.0918 e. The molecule has 0 radical (unpaired) electrons. The number of hydrogen-bond acceptors (Lipinski definition) is 0. The summed E-state index contributed by atoms with van der Waals surface area (Å²) in [6.07, 6.45) is 9.43. The quantitative estimate of drug-likeness (QED) is 0.481. The van der Waals surface area contributed by atoms with E-state index in [0.717, 1.165) is 11.8 Å². The highest BCUT2D eigenvalue weighted by atomic mass is 14.4. The highest BCUT2D eigenvalue weighted by Crippen LogP contribution is 2.50. The monoisotopic (exact) mass is 248 g/mol. The Kier molecular flexibility index (Phi) is 7.28. The van der Waals surface area contributed by atoms with Crippen LogP contribution in [0.25, 0.3) is 0 Å². The first-order valence-corrected chi connectivity index (χ1v) is 7.63. The van der Waals surface area contributed by atoms with Crippen LogP contribution in [0.2, 0.25) is 0 Å². The van der Waals surface area contributed by atoms with Gasteiger partial charge in [-0.1, -0.05) is 78.8 Å². The van der Waals surface area contributed by atoms with E-state index < -0.39 is 0 Å². The van der Waals surface area contributed by atoms with Crippen LogP contribution in [0, 0.1) is 17.3 Å². The maximum absolute atomic E-state index is 4.02. The van der Waals surface area contributed by atoms with Crippen molar-refractivity contribution in [3.63, 3.8) is 0 Å². The molecule has 0 heteroatoms. The Balaban J connectivity index is 0.000000659. The second-order valence-corrected chi connectivity index (χ2v) is 5.17. The highest BCUT2D eigenvalue weighted by Gasteiger charge is 2.39. The third kappa shape index (κ3) is 3.37. The Hall–Kier alpha value is -0.780. The fourth-order valence-electron chi connectivity index (χ4n) is 2.82. The maximum atomic E-state index is 4.02. The minimum absolute atomic E-state index is 0.304. The minimum Gasteiger partial charge on any atom is -0.0918 e. The molecule has 0 aliphatic heterocycles. The summed E-state index contributed by atoms with van der Waals surface area (Å²) in [5.74, 6) is 1.60. The van der Waals surface area contributed by atoms with Crippen LogP contribution >= 0.6 is 0 Å². The summed E-state index contributed by atoms with van der Waals surface area (Å²) in [5.41, 5.74) is 3.06. The molecule has 18 heavy (non-hydrogen) atoms. The Labute approximate surface area is 115 Å². The fourth-order valence-corrected chi connectivity index (χ4v) is 2.82. The van der Waals surface area contributed by atoms with Crippen LogP contribution in [0.15, 0.2) is 36.0 Å². The van der Waals surface area contributed by atoms with Gasteiger partial charge in [-0.15, -0.1) is 0 Å². The first kappa shape index (κ1) is 17.2. The van der Waals surface area contributed by atoms with Gasteiger partial charge >= 0.3 is 0 Å². The van der Waals surface area contributed by atoms with Crippen LogP contribution in [0.5, 0.6) is 0 Å². The highest BCUT2D eigenvalue weighted by molar-refractivity contribution is 5.42. The van der Waals surface area contributed by atoms with E-state index in [1.54, 1.807) is 5.57 Å². The van der Waals surface area contributed by atoms with Crippen LogP contribution < -0.4 is 0 Å². The molecular weight excluding hydrogens is 216 g/mol. The van der Waals surface area contributed by atoms with Crippen molar-refractivity contribution >= 4 is 0 Å². The van der Waals surface area contributed by atoms with Crippen LogP contribution in [0.3, 0.4) is 0 Å². The van der Waals surface area contributed by atoms with E-state index >= 15 is 0 Å². The summed E-state index contributed by atoms with van der Waals surface area (Å²) in [7, 11) is 0. The number of allylic oxidation sites excluding steroid dienone is 5. The normalized spacial score (nSPS) is 33.3. The molecule has 1 fully saturated rings. The lowest BCUT2D eigenvalue weighted by molar-refractivity contribution is 0.186. The SMILES string of the molecule is C=C1C=CC2(C)C(=C1)CCC(C)C2C.CC.CC. The first-order chi connectivity index (χ1) is 8.54. The summed E-state index contributed by atoms with van der Waals surface area (Å²) >= 11 is 0. The molecule has 0 aromatic carbocycles. The van der Waals surface area contributed by atoms with E-state index in [1.165, 1.54) is 18.4 Å². The van der Waals surface area contributed by atoms with Crippen molar-refractivity contribution in [2.24, 2.45) is 17.3 Å². The molecule has 0 saturated heterocycles. The standard InChI is InChI=1S/C14H20.2C2H6/c1-10-7-8-14(4)12(3)11(2)5-6-13(14)9-10;2*1-2/h7-9,11-12H,1,5-6H2,2-4H3;2*1-2H3. The van der Waals surface area contributed by atoms with E-state index in [0.29, 0.717) is 5.41 Å².